The second kappa shape index (κ2) is 10.8. The Morgan fingerprint density at radius 2 is 1.84 bits per heavy atom. The third-order valence-corrected chi connectivity index (χ3v) is 6.99. The molecule has 2 aromatic carbocycles. The van der Waals surface area contributed by atoms with E-state index >= 15 is 0 Å². The fourth-order valence-corrected chi connectivity index (χ4v) is 5.09. The zero-order chi connectivity index (χ0) is 24.1. The van der Waals surface area contributed by atoms with Gasteiger partial charge in [-0.15, -0.1) is 0 Å². The van der Waals surface area contributed by atoms with E-state index in [1.54, 1.807) is 20.8 Å². The second-order valence-corrected chi connectivity index (χ2v) is 9.67. The highest BCUT2D eigenvalue weighted by Gasteiger charge is 2.35. The molecule has 0 amide bonds. The highest BCUT2D eigenvalue weighted by molar-refractivity contribution is 7.89. The van der Waals surface area contributed by atoms with Crippen molar-refractivity contribution >= 4 is 33.3 Å². The van der Waals surface area contributed by atoms with Crippen molar-refractivity contribution in [2.75, 3.05) is 6.61 Å². The first-order chi connectivity index (χ1) is 15.0. The number of hydrogen-bond acceptors (Lipinski definition) is 6. The molecule has 0 bridgehead atoms. The van der Waals surface area contributed by atoms with E-state index in [4.69, 9.17) is 16.3 Å². The number of nitrogens with zero attached hydrogens (tertiary/aromatic N) is 2. The Morgan fingerprint density at radius 1 is 1.22 bits per heavy atom. The standard InChI is InChI=1S/C21H24ClFN2O6S/c1-4-31-21(26)12-19(14(2)3)24(32(29,30)17-8-6-16(23)7-9-17)13-15-5-10-18(22)20(11-15)25(27)28/h5-11,14,19H,4,12-13H2,1-3H3. The van der Waals surface area contributed by atoms with Crippen molar-refractivity contribution in [1.29, 1.82) is 0 Å². The van der Waals surface area contributed by atoms with Crippen molar-refractivity contribution < 1.29 is 27.3 Å². The van der Waals surface area contributed by atoms with E-state index in [9.17, 15) is 27.7 Å². The summed E-state index contributed by atoms with van der Waals surface area (Å²) in [6.45, 7) is 5.02. The molecule has 11 heteroatoms. The van der Waals surface area contributed by atoms with Crippen molar-refractivity contribution in [3.63, 3.8) is 0 Å². The number of esters is 1. The average molecular weight is 487 g/mol. The number of benzene rings is 2. The maximum atomic E-state index is 13.5. The predicted molar refractivity (Wildman–Crippen MR) is 117 cm³/mol. The summed E-state index contributed by atoms with van der Waals surface area (Å²) < 4.78 is 46.5. The summed E-state index contributed by atoms with van der Waals surface area (Å²) in [4.78, 5) is 22.6. The van der Waals surface area contributed by atoms with Gasteiger partial charge in [0.15, 0.2) is 0 Å². The molecule has 1 atom stereocenters. The van der Waals surface area contributed by atoms with Gasteiger partial charge in [-0.3, -0.25) is 14.9 Å². The summed E-state index contributed by atoms with van der Waals surface area (Å²) in [5.41, 5.74) is -0.0592. The molecule has 0 aliphatic heterocycles. The first-order valence-corrected chi connectivity index (χ1v) is 11.6. The Bertz CT molecular complexity index is 1080. The van der Waals surface area contributed by atoms with Gasteiger partial charge >= 0.3 is 5.97 Å². The van der Waals surface area contributed by atoms with Crippen molar-refractivity contribution in [2.24, 2.45) is 5.92 Å². The van der Waals surface area contributed by atoms with Gasteiger partial charge in [-0.25, -0.2) is 12.8 Å². The Balaban J connectivity index is 2.57. The van der Waals surface area contributed by atoms with E-state index < -0.39 is 32.8 Å². The van der Waals surface area contributed by atoms with Crippen LogP contribution in [0, 0.1) is 21.8 Å². The number of ether oxygens (including phenoxy) is 1. The Morgan fingerprint density at radius 3 is 2.38 bits per heavy atom. The molecule has 0 N–H and O–H groups in total. The van der Waals surface area contributed by atoms with Gasteiger partial charge in [0.05, 0.1) is 22.8 Å². The smallest absolute Gasteiger partial charge is 0.307 e. The number of carbonyl (C=O) groups is 1. The lowest BCUT2D eigenvalue weighted by molar-refractivity contribution is -0.384. The van der Waals surface area contributed by atoms with Gasteiger partial charge < -0.3 is 4.74 Å². The van der Waals surface area contributed by atoms with Crippen molar-refractivity contribution in [3.8, 4) is 0 Å². The maximum Gasteiger partial charge on any atom is 0.307 e. The lowest BCUT2D eigenvalue weighted by Crippen LogP contribution is -2.44. The second-order valence-electron chi connectivity index (χ2n) is 7.37. The van der Waals surface area contributed by atoms with Gasteiger partial charge in [-0.2, -0.15) is 4.31 Å². The van der Waals surface area contributed by atoms with E-state index in [1.165, 1.54) is 18.2 Å². The Labute approximate surface area is 191 Å². The van der Waals surface area contributed by atoms with Gasteiger partial charge in [0.25, 0.3) is 5.69 Å². The van der Waals surface area contributed by atoms with E-state index in [0.717, 1.165) is 28.6 Å². The first-order valence-electron chi connectivity index (χ1n) is 9.83. The first kappa shape index (κ1) is 25.7. The normalized spacial score (nSPS) is 12.7. The molecule has 2 rings (SSSR count). The van der Waals surface area contributed by atoms with Crippen LogP contribution in [0.25, 0.3) is 0 Å². The summed E-state index contributed by atoms with van der Waals surface area (Å²) in [5, 5.41) is 11.2. The lowest BCUT2D eigenvalue weighted by atomic mass is 10.0. The molecule has 0 heterocycles. The lowest BCUT2D eigenvalue weighted by Gasteiger charge is -2.33. The molecule has 0 saturated carbocycles. The van der Waals surface area contributed by atoms with Gasteiger partial charge in [-0.1, -0.05) is 31.5 Å². The molecule has 0 aliphatic rings. The zero-order valence-corrected chi connectivity index (χ0v) is 19.4. The number of nitro benzene ring substituents is 1. The van der Waals surface area contributed by atoms with Crippen molar-refractivity contribution in [1.82, 2.24) is 4.31 Å². The molecule has 2 aromatic rings. The fourth-order valence-electron chi connectivity index (χ4n) is 3.16. The van der Waals surface area contributed by atoms with E-state index in [-0.39, 0.29) is 41.1 Å². The summed E-state index contributed by atoms with van der Waals surface area (Å²) >= 11 is 5.87. The van der Waals surface area contributed by atoms with Crippen LogP contribution in [0.4, 0.5) is 10.1 Å². The maximum absolute atomic E-state index is 13.5. The third kappa shape index (κ3) is 6.24. The Kier molecular flexibility index (Phi) is 8.71. The van der Waals surface area contributed by atoms with Crippen LogP contribution in [-0.4, -0.2) is 36.3 Å². The molecule has 0 fully saturated rings. The topological polar surface area (TPSA) is 107 Å². The molecule has 0 aromatic heterocycles. The minimum atomic E-state index is -4.21. The summed E-state index contributed by atoms with van der Waals surface area (Å²) in [6.07, 6.45) is -0.221. The van der Waals surface area contributed by atoms with Crippen molar-refractivity contribution in [2.45, 2.75) is 44.7 Å². The molecule has 32 heavy (non-hydrogen) atoms. The quantitative estimate of drug-likeness (QED) is 0.277. The SMILES string of the molecule is CCOC(=O)CC(C(C)C)N(Cc1ccc(Cl)c([N+](=O)[O-])c1)S(=O)(=O)c1ccc(F)cc1. The van der Waals surface area contributed by atoms with Crippen LogP contribution in [-0.2, 0) is 26.1 Å². The van der Waals surface area contributed by atoms with Crippen LogP contribution >= 0.6 is 11.6 Å². The number of sulfonamides is 1. The van der Waals surface area contributed by atoms with Crippen LogP contribution in [0.2, 0.25) is 5.02 Å². The number of rotatable bonds is 10. The molecule has 0 saturated heterocycles. The Hall–Kier alpha value is -2.56. The molecular formula is C21H24ClFN2O6S. The molecule has 0 spiro atoms. The fraction of sp³-hybridized carbons (Fsp3) is 0.381. The molecule has 8 nitrogen and oxygen atoms in total. The molecule has 174 valence electrons. The third-order valence-electron chi connectivity index (χ3n) is 4.79. The van der Waals surface area contributed by atoms with Gasteiger partial charge in [-0.05, 0) is 48.7 Å². The molecule has 0 radical (unpaired) electrons. The molecule has 0 aliphatic carbocycles. The molecule has 1 unspecified atom stereocenters. The minimum Gasteiger partial charge on any atom is -0.466 e. The summed E-state index contributed by atoms with van der Waals surface area (Å²) in [5.74, 6) is -1.49. The number of carbonyl (C=O) groups excluding carboxylic acids is 1. The van der Waals surface area contributed by atoms with Gasteiger partial charge in [0.2, 0.25) is 10.0 Å². The van der Waals surface area contributed by atoms with Gasteiger partial charge in [0, 0.05) is 18.7 Å². The number of hydrogen-bond donors (Lipinski definition) is 0. The predicted octanol–water partition coefficient (Wildman–Crippen LogP) is 4.56. The number of nitro groups is 1. The van der Waals surface area contributed by atoms with E-state index in [1.807, 2.05) is 0 Å². The minimum absolute atomic E-state index is 0.0846. The summed E-state index contributed by atoms with van der Waals surface area (Å²) in [7, 11) is -4.21. The highest BCUT2D eigenvalue weighted by Crippen LogP contribution is 2.30. The van der Waals surface area contributed by atoms with Crippen LogP contribution in [0.15, 0.2) is 47.4 Å². The average Bonchev–Trinajstić information content (AvgIpc) is 2.71. The summed E-state index contributed by atoms with van der Waals surface area (Å²) in [6, 6.07) is 7.46. The monoisotopic (exact) mass is 486 g/mol. The van der Waals surface area contributed by atoms with Crippen LogP contribution in [0.1, 0.15) is 32.8 Å². The van der Waals surface area contributed by atoms with Crippen LogP contribution in [0.5, 0.6) is 0 Å². The highest BCUT2D eigenvalue weighted by atomic mass is 35.5. The van der Waals surface area contributed by atoms with E-state index in [2.05, 4.69) is 0 Å². The van der Waals surface area contributed by atoms with Crippen molar-refractivity contribution in [3.05, 3.63) is 69.0 Å². The largest absolute Gasteiger partial charge is 0.466 e. The van der Waals surface area contributed by atoms with Crippen LogP contribution < -0.4 is 0 Å². The zero-order valence-electron chi connectivity index (χ0n) is 17.8. The van der Waals surface area contributed by atoms with Crippen LogP contribution in [0.3, 0.4) is 0 Å². The number of halogens is 2. The molecular weight excluding hydrogens is 463 g/mol. The van der Waals surface area contributed by atoms with Gasteiger partial charge in [0.1, 0.15) is 10.8 Å². The van der Waals surface area contributed by atoms with E-state index in [0.29, 0.717) is 5.56 Å².